The number of benzene rings is 1. The monoisotopic (exact) mass is 380 g/mol. The number of hydrogen-bond acceptors (Lipinski definition) is 4. The molecule has 0 saturated carbocycles. The van der Waals surface area contributed by atoms with Crippen LogP contribution in [0.2, 0.25) is 0 Å². The van der Waals surface area contributed by atoms with Gasteiger partial charge in [-0.3, -0.25) is 9.59 Å². The van der Waals surface area contributed by atoms with Crippen LogP contribution in [0, 0.1) is 5.92 Å². The van der Waals surface area contributed by atoms with Crippen LogP contribution >= 0.6 is 12.4 Å². The third kappa shape index (κ3) is 5.97. The standard InChI is InChI=1S/C19H28N4O2.ClH/c24-18-13-17(15-23(18)14-16-5-2-1-3-6-16)19(25)21-7-4-10-22-11-8-20-9-12-22;/h1-3,5-6,17,20H,4,7-15H2,(H,21,25);1H. The third-order valence-electron chi connectivity index (χ3n) is 4.96. The van der Waals surface area contributed by atoms with E-state index in [9.17, 15) is 9.59 Å². The van der Waals surface area contributed by atoms with E-state index in [2.05, 4.69) is 15.5 Å². The zero-order valence-electron chi connectivity index (χ0n) is 15.2. The molecule has 1 aromatic rings. The zero-order valence-corrected chi connectivity index (χ0v) is 16.0. The molecule has 0 spiro atoms. The van der Waals surface area contributed by atoms with Gasteiger partial charge in [-0.2, -0.15) is 0 Å². The number of rotatable bonds is 7. The van der Waals surface area contributed by atoms with Gasteiger partial charge in [0, 0.05) is 52.2 Å². The van der Waals surface area contributed by atoms with Gasteiger partial charge >= 0.3 is 0 Å². The van der Waals surface area contributed by atoms with Crippen LogP contribution in [-0.2, 0) is 16.1 Å². The van der Waals surface area contributed by atoms with E-state index >= 15 is 0 Å². The number of carbonyl (C=O) groups excluding carboxylic acids is 2. The van der Waals surface area contributed by atoms with Gasteiger partial charge in [0.15, 0.2) is 0 Å². The molecule has 1 unspecified atom stereocenters. The number of amides is 2. The summed E-state index contributed by atoms with van der Waals surface area (Å²) in [5.74, 6) is -0.121. The lowest BCUT2D eigenvalue weighted by molar-refractivity contribution is -0.129. The first-order valence-corrected chi connectivity index (χ1v) is 9.25. The van der Waals surface area contributed by atoms with E-state index in [-0.39, 0.29) is 30.1 Å². The molecule has 0 aromatic heterocycles. The fourth-order valence-electron chi connectivity index (χ4n) is 3.50. The lowest BCUT2D eigenvalue weighted by Crippen LogP contribution is -2.44. The first-order chi connectivity index (χ1) is 12.2. The van der Waals surface area contributed by atoms with E-state index < -0.39 is 0 Å². The highest BCUT2D eigenvalue weighted by molar-refractivity contribution is 5.89. The maximum atomic E-state index is 12.3. The van der Waals surface area contributed by atoms with Crippen LogP contribution in [0.1, 0.15) is 18.4 Å². The summed E-state index contributed by atoms with van der Waals surface area (Å²) in [6.45, 7) is 7.09. The lowest BCUT2D eigenvalue weighted by atomic mass is 10.1. The predicted molar refractivity (Wildman–Crippen MR) is 104 cm³/mol. The van der Waals surface area contributed by atoms with Crippen LogP contribution in [0.4, 0.5) is 0 Å². The van der Waals surface area contributed by atoms with Gasteiger partial charge in [-0.1, -0.05) is 30.3 Å². The minimum Gasteiger partial charge on any atom is -0.356 e. The number of nitrogens with one attached hydrogen (secondary N) is 2. The number of piperazine rings is 1. The van der Waals surface area contributed by atoms with E-state index in [1.54, 1.807) is 4.90 Å². The molecule has 0 radical (unpaired) electrons. The molecule has 2 fully saturated rings. The van der Waals surface area contributed by atoms with Crippen molar-refractivity contribution in [3.05, 3.63) is 35.9 Å². The molecule has 2 amide bonds. The van der Waals surface area contributed by atoms with Gasteiger partial charge in [0.1, 0.15) is 0 Å². The Morgan fingerprint density at radius 1 is 1.19 bits per heavy atom. The Kier molecular flexibility index (Phi) is 8.35. The largest absolute Gasteiger partial charge is 0.356 e. The molecule has 2 heterocycles. The molecule has 6 nitrogen and oxygen atoms in total. The van der Waals surface area contributed by atoms with Crippen molar-refractivity contribution in [2.45, 2.75) is 19.4 Å². The van der Waals surface area contributed by atoms with Gasteiger partial charge in [0.05, 0.1) is 5.92 Å². The Hall–Kier alpha value is -1.63. The minimum absolute atomic E-state index is 0. The molecule has 0 bridgehead atoms. The maximum Gasteiger partial charge on any atom is 0.225 e. The van der Waals surface area contributed by atoms with Gasteiger partial charge in [-0.05, 0) is 18.5 Å². The van der Waals surface area contributed by atoms with Crippen LogP contribution < -0.4 is 10.6 Å². The lowest BCUT2D eigenvalue weighted by Gasteiger charge is -2.27. The van der Waals surface area contributed by atoms with Crippen molar-refractivity contribution in [3.63, 3.8) is 0 Å². The smallest absolute Gasteiger partial charge is 0.225 e. The van der Waals surface area contributed by atoms with Crippen molar-refractivity contribution in [1.82, 2.24) is 20.4 Å². The van der Waals surface area contributed by atoms with Crippen molar-refractivity contribution < 1.29 is 9.59 Å². The SMILES string of the molecule is Cl.O=C(NCCCN1CCNCC1)C1CC(=O)N(Cc2ccccc2)C1. The summed E-state index contributed by atoms with van der Waals surface area (Å²) in [6.07, 6.45) is 1.29. The summed E-state index contributed by atoms with van der Waals surface area (Å²) >= 11 is 0. The summed E-state index contributed by atoms with van der Waals surface area (Å²) in [5.41, 5.74) is 1.10. The van der Waals surface area contributed by atoms with E-state index in [4.69, 9.17) is 0 Å². The summed E-state index contributed by atoms with van der Waals surface area (Å²) in [4.78, 5) is 28.7. The number of likely N-dealkylation sites (tertiary alicyclic amines) is 1. The molecule has 2 saturated heterocycles. The third-order valence-corrected chi connectivity index (χ3v) is 4.96. The average Bonchev–Trinajstić information content (AvgIpc) is 3.01. The van der Waals surface area contributed by atoms with Crippen LogP contribution in [0.3, 0.4) is 0 Å². The first-order valence-electron chi connectivity index (χ1n) is 9.25. The Balaban J connectivity index is 0.00000243. The molecule has 1 aromatic carbocycles. The van der Waals surface area contributed by atoms with Gasteiger partial charge in [-0.25, -0.2) is 0 Å². The second-order valence-electron chi connectivity index (χ2n) is 6.90. The highest BCUT2D eigenvalue weighted by Gasteiger charge is 2.33. The van der Waals surface area contributed by atoms with Gasteiger partial charge in [0.25, 0.3) is 0 Å². The predicted octanol–water partition coefficient (Wildman–Crippen LogP) is 0.868. The van der Waals surface area contributed by atoms with Gasteiger partial charge in [0.2, 0.25) is 11.8 Å². The second kappa shape index (κ2) is 10.5. The molecular formula is C19H29ClN4O2. The number of hydrogen-bond donors (Lipinski definition) is 2. The number of carbonyl (C=O) groups is 2. The summed E-state index contributed by atoms with van der Waals surface area (Å²) in [7, 11) is 0. The molecule has 3 rings (SSSR count). The first kappa shape index (κ1) is 20.7. The van der Waals surface area contributed by atoms with Crippen molar-refractivity contribution in [2.75, 3.05) is 45.8 Å². The van der Waals surface area contributed by atoms with E-state index in [1.807, 2.05) is 30.3 Å². The summed E-state index contributed by atoms with van der Waals surface area (Å²) in [5, 5.41) is 6.35. The normalized spacial score (nSPS) is 20.7. The average molecular weight is 381 g/mol. The van der Waals surface area contributed by atoms with Crippen LogP contribution in [-0.4, -0.2) is 67.4 Å². The van der Waals surface area contributed by atoms with Crippen molar-refractivity contribution in [2.24, 2.45) is 5.92 Å². The maximum absolute atomic E-state index is 12.3. The number of nitrogens with zero attached hydrogens (tertiary/aromatic N) is 2. The zero-order chi connectivity index (χ0) is 17.5. The molecule has 2 N–H and O–H groups in total. The van der Waals surface area contributed by atoms with E-state index in [0.717, 1.165) is 44.7 Å². The molecule has 2 aliphatic heterocycles. The quantitative estimate of drug-likeness (QED) is 0.689. The van der Waals surface area contributed by atoms with Crippen molar-refractivity contribution >= 4 is 24.2 Å². The Labute approximate surface area is 161 Å². The molecule has 26 heavy (non-hydrogen) atoms. The van der Waals surface area contributed by atoms with Crippen LogP contribution in [0.15, 0.2) is 30.3 Å². The summed E-state index contributed by atoms with van der Waals surface area (Å²) in [6, 6.07) is 9.93. The molecule has 144 valence electrons. The Morgan fingerprint density at radius 3 is 2.65 bits per heavy atom. The Morgan fingerprint density at radius 2 is 1.92 bits per heavy atom. The van der Waals surface area contributed by atoms with Gasteiger partial charge in [-0.15, -0.1) is 12.4 Å². The van der Waals surface area contributed by atoms with Gasteiger partial charge < -0.3 is 20.4 Å². The van der Waals surface area contributed by atoms with Crippen LogP contribution in [0.5, 0.6) is 0 Å². The second-order valence-corrected chi connectivity index (χ2v) is 6.90. The molecule has 1 atom stereocenters. The molecule has 0 aliphatic carbocycles. The topological polar surface area (TPSA) is 64.7 Å². The minimum atomic E-state index is -0.213. The van der Waals surface area contributed by atoms with Crippen molar-refractivity contribution in [1.29, 1.82) is 0 Å². The molecule has 7 heteroatoms. The Bertz CT molecular complexity index is 578. The summed E-state index contributed by atoms with van der Waals surface area (Å²) < 4.78 is 0. The highest BCUT2D eigenvalue weighted by atomic mass is 35.5. The molecular weight excluding hydrogens is 352 g/mol. The van der Waals surface area contributed by atoms with Crippen LogP contribution in [0.25, 0.3) is 0 Å². The van der Waals surface area contributed by atoms with E-state index in [0.29, 0.717) is 26.1 Å². The highest BCUT2D eigenvalue weighted by Crippen LogP contribution is 2.20. The van der Waals surface area contributed by atoms with E-state index in [1.165, 1.54) is 0 Å². The molecule has 2 aliphatic rings. The fourth-order valence-corrected chi connectivity index (χ4v) is 3.50. The van der Waals surface area contributed by atoms with Crippen molar-refractivity contribution in [3.8, 4) is 0 Å². The number of halogens is 1. The fraction of sp³-hybridized carbons (Fsp3) is 0.579.